The number of carbonyl (C=O) groups excluding carboxylic acids is 1. The second-order valence-corrected chi connectivity index (χ2v) is 5.93. The van der Waals surface area contributed by atoms with E-state index in [1.807, 2.05) is 11.0 Å². The number of pyridine rings is 1. The number of amides is 1. The van der Waals surface area contributed by atoms with Crippen LogP contribution in [0.15, 0.2) is 18.5 Å². The van der Waals surface area contributed by atoms with Gasteiger partial charge in [0, 0.05) is 38.6 Å². The van der Waals surface area contributed by atoms with Gasteiger partial charge < -0.3 is 14.5 Å². The van der Waals surface area contributed by atoms with Crippen molar-refractivity contribution in [3.63, 3.8) is 0 Å². The second-order valence-electron chi connectivity index (χ2n) is 5.93. The Morgan fingerprint density at radius 1 is 1.41 bits per heavy atom. The topological polar surface area (TPSA) is 69.5 Å². The number of anilines is 1. The van der Waals surface area contributed by atoms with Crippen LogP contribution in [0.3, 0.4) is 0 Å². The van der Waals surface area contributed by atoms with Crippen LogP contribution in [-0.2, 0) is 9.53 Å². The third-order valence-electron chi connectivity index (χ3n) is 4.51. The Hall–Kier alpha value is -2.13. The van der Waals surface area contributed by atoms with Crippen molar-refractivity contribution in [1.82, 2.24) is 9.88 Å². The van der Waals surface area contributed by atoms with Crippen LogP contribution in [-0.4, -0.2) is 55.2 Å². The Labute approximate surface area is 130 Å². The van der Waals surface area contributed by atoms with Gasteiger partial charge in [0.2, 0.25) is 5.91 Å². The van der Waals surface area contributed by atoms with Gasteiger partial charge in [-0.1, -0.05) is 6.92 Å². The normalized spacial score (nSPS) is 25.1. The summed E-state index contributed by atoms with van der Waals surface area (Å²) in [6, 6.07) is 4.03. The van der Waals surface area contributed by atoms with E-state index in [1.165, 1.54) is 0 Å². The third-order valence-corrected chi connectivity index (χ3v) is 4.51. The van der Waals surface area contributed by atoms with E-state index in [1.54, 1.807) is 12.4 Å². The summed E-state index contributed by atoms with van der Waals surface area (Å²) < 4.78 is 5.31. The molecule has 1 amide bonds. The average Bonchev–Trinajstić information content (AvgIpc) is 2.96. The molecular formula is C16H20N4O2. The summed E-state index contributed by atoms with van der Waals surface area (Å²) in [6.07, 6.45) is 3.27. The lowest BCUT2D eigenvalue weighted by atomic mass is 9.96. The molecule has 0 bridgehead atoms. The van der Waals surface area contributed by atoms with Crippen LogP contribution in [0.1, 0.15) is 12.5 Å². The Morgan fingerprint density at radius 2 is 2.18 bits per heavy atom. The largest absolute Gasteiger partial charge is 0.378 e. The number of aromatic nitrogens is 1. The van der Waals surface area contributed by atoms with Gasteiger partial charge in [0.1, 0.15) is 6.07 Å². The maximum Gasteiger partial charge on any atom is 0.227 e. The molecule has 2 fully saturated rings. The van der Waals surface area contributed by atoms with Crippen molar-refractivity contribution in [3.05, 3.63) is 24.0 Å². The summed E-state index contributed by atoms with van der Waals surface area (Å²) in [5, 5.41) is 9.22. The zero-order chi connectivity index (χ0) is 15.5. The SMILES string of the molecule is C[C@@H]1CN(c2ccncc2C#N)C[C@H]1C(=O)N1CCOCC1. The van der Waals surface area contributed by atoms with E-state index in [4.69, 9.17) is 4.74 Å². The molecule has 0 N–H and O–H groups in total. The van der Waals surface area contributed by atoms with E-state index in [-0.39, 0.29) is 17.7 Å². The highest BCUT2D eigenvalue weighted by Crippen LogP contribution is 2.31. The van der Waals surface area contributed by atoms with Gasteiger partial charge in [-0.15, -0.1) is 0 Å². The van der Waals surface area contributed by atoms with Gasteiger partial charge >= 0.3 is 0 Å². The molecule has 0 radical (unpaired) electrons. The molecule has 0 spiro atoms. The second kappa shape index (κ2) is 6.32. The summed E-state index contributed by atoms with van der Waals surface area (Å²) in [4.78, 5) is 20.7. The molecule has 2 atom stereocenters. The fourth-order valence-electron chi connectivity index (χ4n) is 3.25. The number of hydrogen-bond donors (Lipinski definition) is 0. The molecule has 0 saturated carbocycles. The Bertz CT molecular complexity index is 592. The van der Waals surface area contributed by atoms with Crippen LogP contribution in [0.25, 0.3) is 0 Å². The van der Waals surface area contributed by atoms with Crippen molar-refractivity contribution >= 4 is 11.6 Å². The molecule has 2 saturated heterocycles. The van der Waals surface area contributed by atoms with E-state index < -0.39 is 0 Å². The summed E-state index contributed by atoms with van der Waals surface area (Å²) >= 11 is 0. The molecular weight excluding hydrogens is 280 g/mol. The van der Waals surface area contributed by atoms with Crippen molar-refractivity contribution in [2.75, 3.05) is 44.3 Å². The van der Waals surface area contributed by atoms with Crippen LogP contribution in [0.2, 0.25) is 0 Å². The van der Waals surface area contributed by atoms with Crippen LogP contribution < -0.4 is 4.90 Å². The van der Waals surface area contributed by atoms with Crippen molar-refractivity contribution < 1.29 is 9.53 Å². The lowest BCUT2D eigenvalue weighted by molar-refractivity contribution is -0.140. The van der Waals surface area contributed by atoms with Crippen LogP contribution >= 0.6 is 0 Å². The van der Waals surface area contributed by atoms with E-state index >= 15 is 0 Å². The van der Waals surface area contributed by atoms with E-state index in [0.29, 0.717) is 38.4 Å². The van der Waals surface area contributed by atoms with Gasteiger partial charge in [0.25, 0.3) is 0 Å². The van der Waals surface area contributed by atoms with E-state index in [0.717, 1.165) is 12.2 Å². The lowest BCUT2D eigenvalue weighted by Gasteiger charge is -2.30. The number of carbonyl (C=O) groups is 1. The quantitative estimate of drug-likeness (QED) is 0.811. The molecule has 6 heteroatoms. The molecule has 1 aromatic rings. The summed E-state index contributed by atoms with van der Waals surface area (Å²) in [7, 11) is 0. The Balaban J connectivity index is 1.74. The molecule has 0 aliphatic carbocycles. The van der Waals surface area contributed by atoms with Crippen molar-refractivity contribution in [1.29, 1.82) is 5.26 Å². The molecule has 6 nitrogen and oxygen atoms in total. The minimum Gasteiger partial charge on any atom is -0.378 e. The summed E-state index contributed by atoms with van der Waals surface area (Å²) in [5.74, 6) is 0.471. The number of nitrogens with zero attached hydrogens (tertiary/aromatic N) is 4. The smallest absolute Gasteiger partial charge is 0.227 e. The van der Waals surface area contributed by atoms with Crippen molar-refractivity contribution in [2.45, 2.75) is 6.92 Å². The molecule has 1 aromatic heterocycles. The van der Waals surface area contributed by atoms with Gasteiger partial charge in [0.05, 0.1) is 30.4 Å². The highest BCUT2D eigenvalue weighted by atomic mass is 16.5. The number of morpholine rings is 1. The fraction of sp³-hybridized carbons (Fsp3) is 0.562. The molecule has 3 rings (SSSR count). The minimum atomic E-state index is -0.0159. The van der Waals surface area contributed by atoms with Gasteiger partial charge in [0.15, 0.2) is 0 Å². The van der Waals surface area contributed by atoms with Gasteiger partial charge in [-0.3, -0.25) is 9.78 Å². The van der Waals surface area contributed by atoms with E-state index in [2.05, 4.69) is 22.9 Å². The number of rotatable bonds is 2. The number of nitriles is 1. The standard InChI is InChI=1S/C16H20N4O2/c1-12-10-20(15-2-3-18-9-13(15)8-17)11-14(12)16(21)19-4-6-22-7-5-19/h2-3,9,12,14H,4-7,10-11H2,1H3/t12-,14-/m1/s1. The molecule has 3 heterocycles. The zero-order valence-electron chi connectivity index (χ0n) is 12.7. The first-order valence-corrected chi connectivity index (χ1v) is 7.66. The minimum absolute atomic E-state index is 0.0159. The van der Waals surface area contributed by atoms with Crippen LogP contribution in [0.4, 0.5) is 5.69 Å². The number of hydrogen-bond acceptors (Lipinski definition) is 5. The highest BCUT2D eigenvalue weighted by molar-refractivity contribution is 5.81. The average molecular weight is 300 g/mol. The zero-order valence-corrected chi connectivity index (χ0v) is 12.7. The van der Waals surface area contributed by atoms with Crippen LogP contribution in [0, 0.1) is 23.2 Å². The first-order chi connectivity index (χ1) is 10.7. The first-order valence-electron chi connectivity index (χ1n) is 7.66. The van der Waals surface area contributed by atoms with E-state index in [9.17, 15) is 10.1 Å². The Morgan fingerprint density at radius 3 is 2.91 bits per heavy atom. The van der Waals surface area contributed by atoms with Gasteiger partial charge in [-0.05, 0) is 12.0 Å². The molecule has 2 aliphatic rings. The van der Waals surface area contributed by atoms with Gasteiger partial charge in [-0.25, -0.2) is 0 Å². The molecule has 22 heavy (non-hydrogen) atoms. The fourth-order valence-corrected chi connectivity index (χ4v) is 3.25. The third kappa shape index (κ3) is 2.77. The maximum atomic E-state index is 12.7. The molecule has 2 aliphatic heterocycles. The Kier molecular flexibility index (Phi) is 4.25. The molecule has 116 valence electrons. The maximum absolute atomic E-state index is 12.7. The number of ether oxygens (including phenoxy) is 1. The monoisotopic (exact) mass is 300 g/mol. The molecule has 0 aromatic carbocycles. The first kappa shape index (κ1) is 14.8. The molecule has 0 unspecified atom stereocenters. The van der Waals surface area contributed by atoms with Gasteiger partial charge in [-0.2, -0.15) is 5.26 Å². The predicted molar refractivity (Wildman–Crippen MR) is 81.2 cm³/mol. The predicted octanol–water partition coefficient (Wildman–Crippen LogP) is 0.884. The van der Waals surface area contributed by atoms with Crippen molar-refractivity contribution in [2.24, 2.45) is 11.8 Å². The summed E-state index contributed by atoms with van der Waals surface area (Å²) in [5.41, 5.74) is 1.44. The lowest BCUT2D eigenvalue weighted by Crippen LogP contribution is -2.45. The van der Waals surface area contributed by atoms with Crippen LogP contribution in [0.5, 0.6) is 0 Å². The highest BCUT2D eigenvalue weighted by Gasteiger charge is 2.38. The summed E-state index contributed by atoms with van der Waals surface area (Å²) in [6.45, 7) is 6.17. The van der Waals surface area contributed by atoms with Crippen molar-refractivity contribution in [3.8, 4) is 6.07 Å².